The molecule has 6 nitrogen and oxygen atoms in total. The van der Waals surface area contributed by atoms with E-state index in [2.05, 4.69) is 15.4 Å². The summed E-state index contributed by atoms with van der Waals surface area (Å²) in [6.45, 7) is 0.135. The lowest BCUT2D eigenvalue weighted by Crippen LogP contribution is -2.11. The number of unbranched alkanes of at least 4 members (excludes halogenated alkanes) is 1. The average Bonchev–Trinajstić information content (AvgIpc) is 2.61. The highest BCUT2D eigenvalue weighted by Crippen LogP contribution is 2.30. The summed E-state index contributed by atoms with van der Waals surface area (Å²) in [5.74, 6) is -0.905. The molecule has 138 valence electrons. The summed E-state index contributed by atoms with van der Waals surface area (Å²) in [6.07, 6.45) is -2.18. The van der Waals surface area contributed by atoms with Crippen LogP contribution >= 0.6 is 0 Å². The van der Waals surface area contributed by atoms with Crippen molar-refractivity contribution in [2.45, 2.75) is 25.4 Å². The Hall–Kier alpha value is -2.97. The van der Waals surface area contributed by atoms with Gasteiger partial charge in [0.05, 0.1) is 5.56 Å². The number of alkyl halides is 3. The van der Waals surface area contributed by atoms with E-state index in [-0.39, 0.29) is 30.0 Å². The number of carboxylic acids is 1. The third-order valence-corrected chi connectivity index (χ3v) is 3.31. The van der Waals surface area contributed by atoms with Crippen LogP contribution in [0.4, 0.5) is 13.2 Å². The first kappa shape index (κ1) is 19.4. The molecule has 26 heavy (non-hydrogen) atoms. The Morgan fingerprint density at radius 2 is 2.00 bits per heavy atom. The maximum Gasteiger partial charge on any atom is 0.416 e. The van der Waals surface area contributed by atoms with Gasteiger partial charge in [-0.2, -0.15) is 18.3 Å². The van der Waals surface area contributed by atoms with E-state index in [1.165, 1.54) is 18.3 Å². The van der Waals surface area contributed by atoms with Gasteiger partial charge in [0.1, 0.15) is 18.0 Å². The smallest absolute Gasteiger partial charge is 0.416 e. The van der Waals surface area contributed by atoms with Crippen molar-refractivity contribution >= 4 is 11.7 Å². The fraction of sp³-hybridized carbons (Fsp3) is 0.294. The number of aliphatic carboxylic acids is 1. The molecule has 0 bridgehead atoms. The standard InChI is InChI=1S/C17H16F3N3O3/c18-17(19,20)13-6-3-5-12(11-13)16(14-7-4-9-21-22-14)23-26-10-2-1-8-15(24)25/h3-7,9,11H,1-2,8,10H2,(H,24,25)/b23-16-. The van der Waals surface area contributed by atoms with E-state index in [0.717, 1.165) is 12.1 Å². The number of benzene rings is 1. The van der Waals surface area contributed by atoms with Crippen LogP contribution in [0, 0.1) is 0 Å². The molecule has 0 fully saturated rings. The first-order valence-electron chi connectivity index (χ1n) is 7.75. The van der Waals surface area contributed by atoms with E-state index in [9.17, 15) is 18.0 Å². The molecule has 1 aromatic carbocycles. The highest BCUT2D eigenvalue weighted by atomic mass is 19.4. The predicted molar refractivity (Wildman–Crippen MR) is 86.6 cm³/mol. The molecule has 0 amide bonds. The van der Waals surface area contributed by atoms with Crippen LogP contribution in [0.15, 0.2) is 47.8 Å². The maximum absolute atomic E-state index is 12.9. The van der Waals surface area contributed by atoms with Gasteiger partial charge < -0.3 is 9.94 Å². The summed E-state index contributed by atoms with van der Waals surface area (Å²) < 4.78 is 38.8. The van der Waals surface area contributed by atoms with Crippen LogP contribution in [0.25, 0.3) is 0 Å². The molecule has 2 aromatic rings. The minimum absolute atomic E-state index is 0.0116. The number of aromatic nitrogens is 2. The molecule has 0 atom stereocenters. The molecular formula is C17H16F3N3O3. The molecule has 0 aliphatic rings. The maximum atomic E-state index is 12.9. The molecule has 1 aromatic heterocycles. The molecule has 1 heterocycles. The molecule has 0 spiro atoms. The number of carbonyl (C=O) groups is 1. The van der Waals surface area contributed by atoms with Crippen LogP contribution in [-0.2, 0) is 15.8 Å². The Kier molecular flexibility index (Phi) is 6.65. The Morgan fingerprint density at radius 3 is 2.65 bits per heavy atom. The van der Waals surface area contributed by atoms with Gasteiger partial charge in [-0.1, -0.05) is 17.3 Å². The van der Waals surface area contributed by atoms with Gasteiger partial charge in [-0.3, -0.25) is 4.79 Å². The van der Waals surface area contributed by atoms with Crippen LogP contribution in [0.5, 0.6) is 0 Å². The molecular weight excluding hydrogens is 351 g/mol. The monoisotopic (exact) mass is 367 g/mol. The van der Waals surface area contributed by atoms with Crippen LogP contribution in [0.3, 0.4) is 0 Å². The van der Waals surface area contributed by atoms with Crippen molar-refractivity contribution in [1.29, 1.82) is 0 Å². The van der Waals surface area contributed by atoms with Crippen LogP contribution in [0.1, 0.15) is 36.1 Å². The third-order valence-electron chi connectivity index (χ3n) is 3.31. The van der Waals surface area contributed by atoms with Gasteiger partial charge in [0, 0.05) is 18.2 Å². The minimum Gasteiger partial charge on any atom is -0.481 e. The van der Waals surface area contributed by atoms with E-state index in [1.54, 1.807) is 12.1 Å². The van der Waals surface area contributed by atoms with Gasteiger partial charge in [0.2, 0.25) is 0 Å². The van der Waals surface area contributed by atoms with E-state index < -0.39 is 17.7 Å². The molecule has 1 N–H and O–H groups in total. The largest absolute Gasteiger partial charge is 0.481 e. The van der Waals surface area contributed by atoms with Crippen LogP contribution in [-0.4, -0.2) is 33.6 Å². The Labute approximate surface area is 147 Å². The second kappa shape index (κ2) is 8.93. The normalized spacial score (nSPS) is 12.0. The average molecular weight is 367 g/mol. The number of rotatable bonds is 8. The van der Waals surface area contributed by atoms with Crippen molar-refractivity contribution < 1.29 is 27.9 Å². The van der Waals surface area contributed by atoms with Crippen LogP contribution in [0.2, 0.25) is 0 Å². The molecule has 0 aliphatic carbocycles. The molecule has 0 saturated carbocycles. The fourth-order valence-corrected chi connectivity index (χ4v) is 2.07. The van der Waals surface area contributed by atoms with E-state index in [4.69, 9.17) is 9.94 Å². The highest BCUT2D eigenvalue weighted by Gasteiger charge is 2.31. The third kappa shape index (κ3) is 5.83. The lowest BCUT2D eigenvalue weighted by Gasteiger charge is -2.10. The molecule has 0 aliphatic heterocycles. The molecule has 9 heteroatoms. The van der Waals surface area contributed by atoms with Crippen molar-refractivity contribution in [2.24, 2.45) is 5.16 Å². The fourth-order valence-electron chi connectivity index (χ4n) is 2.07. The molecule has 0 unspecified atom stereocenters. The zero-order chi connectivity index (χ0) is 19.0. The highest BCUT2D eigenvalue weighted by molar-refractivity contribution is 6.11. The number of hydrogen-bond acceptors (Lipinski definition) is 5. The summed E-state index contributed by atoms with van der Waals surface area (Å²) in [7, 11) is 0. The first-order chi connectivity index (χ1) is 12.4. The Balaban J connectivity index is 2.20. The van der Waals surface area contributed by atoms with Crippen molar-refractivity contribution in [3.05, 3.63) is 59.4 Å². The lowest BCUT2D eigenvalue weighted by atomic mass is 10.0. The zero-order valence-corrected chi connectivity index (χ0v) is 13.6. The van der Waals surface area contributed by atoms with E-state index in [1.807, 2.05) is 0 Å². The summed E-state index contributed by atoms with van der Waals surface area (Å²) in [4.78, 5) is 15.6. The lowest BCUT2D eigenvalue weighted by molar-refractivity contribution is -0.138. The Bertz CT molecular complexity index is 765. The summed E-state index contributed by atoms with van der Waals surface area (Å²) in [5.41, 5.74) is -0.251. The molecule has 0 saturated heterocycles. The van der Waals surface area contributed by atoms with Crippen molar-refractivity contribution in [3.8, 4) is 0 Å². The quantitative estimate of drug-likeness (QED) is 0.438. The zero-order valence-electron chi connectivity index (χ0n) is 13.6. The number of oxime groups is 1. The van der Waals surface area contributed by atoms with Gasteiger partial charge in [0.15, 0.2) is 0 Å². The Morgan fingerprint density at radius 1 is 1.19 bits per heavy atom. The number of halogens is 3. The topological polar surface area (TPSA) is 84.7 Å². The molecule has 0 radical (unpaired) electrons. The number of nitrogens with zero attached hydrogens (tertiary/aromatic N) is 3. The minimum atomic E-state index is -4.48. The van der Waals surface area contributed by atoms with Gasteiger partial charge >= 0.3 is 12.1 Å². The van der Waals surface area contributed by atoms with E-state index in [0.29, 0.717) is 12.8 Å². The first-order valence-corrected chi connectivity index (χ1v) is 7.75. The number of hydrogen-bond donors (Lipinski definition) is 1. The van der Waals surface area contributed by atoms with E-state index >= 15 is 0 Å². The number of carboxylic acid groups (broad SMARTS) is 1. The van der Waals surface area contributed by atoms with Crippen molar-refractivity contribution in [2.75, 3.05) is 6.61 Å². The van der Waals surface area contributed by atoms with Gasteiger partial charge in [-0.15, -0.1) is 5.10 Å². The predicted octanol–water partition coefficient (Wildman–Crippen LogP) is 3.52. The van der Waals surface area contributed by atoms with Gasteiger partial charge in [-0.25, -0.2) is 0 Å². The summed E-state index contributed by atoms with van der Waals surface area (Å²) in [5, 5.41) is 20.0. The second-order valence-electron chi connectivity index (χ2n) is 5.31. The van der Waals surface area contributed by atoms with Crippen molar-refractivity contribution in [3.63, 3.8) is 0 Å². The van der Waals surface area contributed by atoms with Gasteiger partial charge in [-0.05, 0) is 37.1 Å². The summed E-state index contributed by atoms with van der Waals surface area (Å²) in [6, 6.07) is 7.80. The molecule has 2 rings (SSSR count). The SMILES string of the molecule is O=C(O)CCCCO/N=C(/c1cccc(C(F)(F)F)c1)c1cccnn1. The summed E-state index contributed by atoms with van der Waals surface area (Å²) >= 11 is 0. The second-order valence-corrected chi connectivity index (χ2v) is 5.31. The van der Waals surface area contributed by atoms with Crippen molar-refractivity contribution in [1.82, 2.24) is 10.2 Å². The van der Waals surface area contributed by atoms with Gasteiger partial charge in [0.25, 0.3) is 0 Å². The van der Waals surface area contributed by atoms with Crippen LogP contribution < -0.4 is 0 Å².